The van der Waals surface area contributed by atoms with Crippen LogP contribution in [0.3, 0.4) is 0 Å². The van der Waals surface area contributed by atoms with Gasteiger partial charge in [-0.3, -0.25) is 13.9 Å². The van der Waals surface area contributed by atoms with Crippen LogP contribution in [0.2, 0.25) is 0 Å². The maximum Gasteiger partial charge on any atom is 0.242 e. The zero-order chi connectivity index (χ0) is 23.7. The molecule has 32 heavy (non-hydrogen) atoms. The van der Waals surface area contributed by atoms with Crippen LogP contribution in [0.4, 0.5) is 10.1 Å². The summed E-state index contributed by atoms with van der Waals surface area (Å²) in [6.07, 6.45) is 1.83. The zero-order valence-corrected chi connectivity index (χ0v) is 19.4. The van der Waals surface area contributed by atoms with Gasteiger partial charge >= 0.3 is 0 Å². The monoisotopic (exact) mass is 463 g/mol. The van der Waals surface area contributed by atoms with Gasteiger partial charge in [0.15, 0.2) is 0 Å². The number of amides is 2. The fourth-order valence-corrected chi connectivity index (χ4v) is 4.44. The number of anilines is 1. The summed E-state index contributed by atoms with van der Waals surface area (Å²) in [6, 6.07) is 13.9. The molecule has 1 unspecified atom stereocenters. The summed E-state index contributed by atoms with van der Waals surface area (Å²) in [4.78, 5) is 27.0. The molecule has 2 amide bonds. The third-order valence-corrected chi connectivity index (χ3v) is 6.29. The average molecular weight is 464 g/mol. The van der Waals surface area contributed by atoms with Crippen molar-refractivity contribution >= 4 is 27.5 Å². The largest absolute Gasteiger partial charge is 0.357 e. The van der Waals surface area contributed by atoms with Crippen LogP contribution < -0.4 is 9.62 Å². The highest BCUT2D eigenvalue weighted by atomic mass is 32.2. The summed E-state index contributed by atoms with van der Waals surface area (Å²) in [5.41, 5.74) is 1.23. The second-order valence-electron chi connectivity index (χ2n) is 7.46. The van der Waals surface area contributed by atoms with Crippen LogP contribution in [-0.4, -0.2) is 51.0 Å². The lowest BCUT2D eigenvalue weighted by Crippen LogP contribution is -2.48. The molecule has 9 heteroatoms. The summed E-state index contributed by atoms with van der Waals surface area (Å²) < 4.78 is 38.8. The molecule has 2 aromatic carbocycles. The molecule has 1 atom stereocenters. The molecule has 174 valence electrons. The molecule has 0 heterocycles. The van der Waals surface area contributed by atoms with Crippen molar-refractivity contribution in [2.24, 2.45) is 0 Å². The van der Waals surface area contributed by atoms with Crippen molar-refractivity contribution in [2.75, 3.05) is 24.2 Å². The normalized spacial score (nSPS) is 12.1. The average Bonchev–Trinajstić information content (AvgIpc) is 2.77. The van der Waals surface area contributed by atoms with Crippen molar-refractivity contribution in [3.05, 3.63) is 66.0 Å². The van der Waals surface area contributed by atoms with Crippen molar-refractivity contribution in [2.45, 2.75) is 38.8 Å². The molecule has 0 aliphatic carbocycles. The van der Waals surface area contributed by atoms with Gasteiger partial charge in [-0.15, -0.1) is 0 Å². The molecule has 0 aliphatic rings. The number of hydrogen-bond acceptors (Lipinski definition) is 4. The van der Waals surface area contributed by atoms with Crippen LogP contribution in [0.15, 0.2) is 54.6 Å². The molecule has 0 radical (unpaired) electrons. The summed E-state index contributed by atoms with van der Waals surface area (Å²) in [5.74, 6) is -0.952. The molecule has 0 bridgehead atoms. The first-order chi connectivity index (χ1) is 15.2. The van der Waals surface area contributed by atoms with E-state index < -0.39 is 21.9 Å². The molecular weight excluding hydrogens is 433 g/mol. The lowest BCUT2D eigenvalue weighted by molar-refractivity contribution is -0.141. The van der Waals surface area contributed by atoms with Gasteiger partial charge in [0, 0.05) is 26.6 Å². The first-order valence-corrected chi connectivity index (χ1v) is 12.3. The molecular formula is C23H30FN3O4S. The van der Waals surface area contributed by atoms with Gasteiger partial charge in [-0.1, -0.05) is 37.3 Å². The number of sulfonamides is 1. The SMILES string of the molecule is CCC(C(=O)NC)N(Cc1ccccc1)C(=O)CCCN(c1ccc(F)cc1)S(C)(=O)=O. The molecule has 0 saturated heterocycles. The van der Waals surface area contributed by atoms with E-state index in [9.17, 15) is 22.4 Å². The number of benzene rings is 2. The highest BCUT2D eigenvalue weighted by Crippen LogP contribution is 2.20. The van der Waals surface area contributed by atoms with Gasteiger partial charge in [-0.2, -0.15) is 0 Å². The number of nitrogens with one attached hydrogen (secondary N) is 1. The van der Waals surface area contributed by atoms with Crippen molar-refractivity contribution in [3.63, 3.8) is 0 Å². The minimum atomic E-state index is -3.61. The quantitative estimate of drug-likeness (QED) is 0.555. The fourth-order valence-electron chi connectivity index (χ4n) is 3.48. The van der Waals surface area contributed by atoms with Crippen LogP contribution in [-0.2, 0) is 26.2 Å². The minimum absolute atomic E-state index is 0.0617. The Balaban J connectivity index is 2.15. The van der Waals surface area contributed by atoms with Gasteiger partial charge in [-0.25, -0.2) is 12.8 Å². The van der Waals surface area contributed by atoms with E-state index in [1.807, 2.05) is 37.3 Å². The van der Waals surface area contributed by atoms with Crippen LogP contribution in [0.5, 0.6) is 0 Å². The van der Waals surface area contributed by atoms with Gasteiger partial charge in [0.25, 0.3) is 0 Å². The highest BCUT2D eigenvalue weighted by molar-refractivity contribution is 7.92. The van der Waals surface area contributed by atoms with Crippen LogP contribution in [0, 0.1) is 5.82 Å². The van der Waals surface area contributed by atoms with Crippen molar-refractivity contribution < 1.29 is 22.4 Å². The first-order valence-electron chi connectivity index (χ1n) is 10.5. The second-order valence-corrected chi connectivity index (χ2v) is 9.37. The van der Waals surface area contributed by atoms with E-state index in [1.54, 1.807) is 0 Å². The van der Waals surface area contributed by atoms with Crippen LogP contribution >= 0.6 is 0 Å². The number of nitrogens with zero attached hydrogens (tertiary/aromatic N) is 2. The van der Waals surface area contributed by atoms with Gasteiger partial charge in [0.2, 0.25) is 21.8 Å². The summed E-state index contributed by atoms with van der Waals surface area (Å²) in [7, 11) is -2.08. The molecule has 2 rings (SSSR count). The zero-order valence-electron chi connectivity index (χ0n) is 18.6. The topological polar surface area (TPSA) is 86.8 Å². The molecule has 0 fully saturated rings. The third-order valence-electron chi connectivity index (χ3n) is 5.09. The number of likely N-dealkylation sites (N-methyl/N-ethyl adjacent to an activating group) is 1. The number of carbonyl (C=O) groups is 2. The van der Waals surface area contributed by atoms with Crippen LogP contribution in [0.25, 0.3) is 0 Å². The second kappa shape index (κ2) is 11.6. The summed E-state index contributed by atoms with van der Waals surface area (Å²) in [6.45, 7) is 2.18. The first kappa shape index (κ1) is 25.3. The number of rotatable bonds is 11. The van der Waals surface area contributed by atoms with E-state index in [0.717, 1.165) is 16.1 Å². The smallest absolute Gasteiger partial charge is 0.242 e. The molecule has 0 spiro atoms. The lowest BCUT2D eigenvalue weighted by atomic mass is 10.1. The Morgan fingerprint density at radius 3 is 2.22 bits per heavy atom. The summed E-state index contributed by atoms with van der Waals surface area (Å²) >= 11 is 0. The van der Waals surface area contributed by atoms with Crippen LogP contribution in [0.1, 0.15) is 31.7 Å². The van der Waals surface area contributed by atoms with Crippen molar-refractivity contribution in [1.82, 2.24) is 10.2 Å². The molecule has 2 aromatic rings. The molecule has 1 N–H and O–H groups in total. The molecule has 0 aliphatic heterocycles. The Morgan fingerprint density at radius 2 is 1.69 bits per heavy atom. The predicted octanol–water partition coefficient (Wildman–Crippen LogP) is 2.93. The highest BCUT2D eigenvalue weighted by Gasteiger charge is 2.28. The van der Waals surface area contributed by atoms with Crippen molar-refractivity contribution in [3.8, 4) is 0 Å². The minimum Gasteiger partial charge on any atom is -0.357 e. The van der Waals surface area contributed by atoms with Gasteiger partial charge in [0.1, 0.15) is 11.9 Å². The predicted molar refractivity (Wildman–Crippen MR) is 123 cm³/mol. The molecule has 0 saturated carbocycles. The summed E-state index contributed by atoms with van der Waals surface area (Å²) in [5, 5.41) is 2.61. The van der Waals surface area contributed by atoms with E-state index in [1.165, 1.54) is 36.2 Å². The number of hydrogen-bond donors (Lipinski definition) is 1. The Bertz CT molecular complexity index is 998. The Morgan fingerprint density at radius 1 is 1.06 bits per heavy atom. The van der Waals surface area contributed by atoms with E-state index in [4.69, 9.17) is 0 Å². The number of carbonyl (C=O) groups excluding carboxylic acids is 2. The Hall–Kier alpha value is -2.94. The number of halogens is 1. The molecule has 0 aromatic heterocycles. The Labute approximate surface area is 189 Å². The van der Waals surface area contributed by atoms with Crippen molar-refractivity contribution in [1.29, 1.82) is 0 Å². The van der Waals surface area contributed by atoms with E-state index >= 15 is 0 Å². The van der Waals surface area contributed by atoms with Gasteiger partial charge < -0.3 is 10.2 Å². The Kier molecular flexibility index (Phi) is 9.19. The van der Waals surface area contributed by atoms with Gasteiger partial charge in [-0.05, 0) is 42.7 Å². The van der Waals surface area contributed by atoms with E-state index in [0.29, 0.717) is 12.1 Å². The van der Waals surface area contributed by atoms with E-state index in [-0.39, 0.29) is 37.7 Å². The van der Waals surface area contributed by atoms with E-state index in [2.05, 4.69) is 5.32 Å². The third kappa shape index (κ3) is 7.05. The van der Waals surface area contributed by atoms with Gasteiger partial charge in [0.05, 0.1) is 11.9 Å². The molecule has 7 nitrogen and oxygen atoms in total. The maximum atomic E-state index is 13.2. The maximum absolute atomic E-state index is 13.2. The lowest BCUT2D eigenvalue weighted by Gasteiger charge is -2.30. The standard InChI is InChI=1S/C23H30FN3O4S/c1-4-21(23(29)25-2)26(17-18-9-6-5-7-10-18)22(28)11-8-16-27(32(3,30)31)20-14-12-19(24)13-15-20/h5-7,9-10,12-15,21H,4,8,11,16-17H2,1-3H3,(H,25,29). The fraction of sp³-hybridized carbons (Fsp3) is 0.391.